The second-order valence-corrected chi connectivity index (χ2v) is 6.43. The molecule has 7 heteroatoms. The van der Waals surface area contributed by atoms with Gasteiger partial charge in [-0.1, -0.05) is 0 Å². The van der Waals surface area contributed by atoms with E-state index >= 15 is 0 Å². The maximum Gasteiger partial charge on any atom is 0.240 e. The highest BCUT2D eigenvalue weighted by Crippen LogP contribution is 2.26. The van der Waals surface area contributed by atoms with Crippen molar-refractivity contribution in [3.05, 3.63) is 22.2 Å². The second-order valence-electron chi connectivity index (χ2n) is 3.84. The molecule has 0 aliphatic carbocycles. The Kier molecular flexibility index (Phi) is 4.54. The van der Waals surface area contributed by atoms with Gasteiger partial charge < -0.3 is 10.8 Å². The number of benzene rings is 1. The predicted octanol–water partition coefficient (Wildman–Crippen LogP) is 0.999. The third-order valence-electron chi connectivity index (χ3n) is 2.15. The molecule has 0 spiro atoms. The number of nitrogen functional groups attached to an aromatic ring is 1. The summed E-state index contributed by atoms with van der Waals surface area (Å²) in [7, 11) is -3.64. The Labute approximate surface area is 109 Å². The first-order valence-electron chi connectivity index (χ1n) is 4.97. The Morgan fingerprint density at radius 3 is 2.65 bits per heavy atom. The minimum atomic E-state index is -3.64. The smallest absolute Gasteiger partial charge is 0.240 e. The zero-order valence-electron chi connectivity index (χ0n) is 9.57. The van der Waals surface area contributed by atoms with Crippen LogP contribution in [0.3, 0.4) is 0 Å². The monoisotopic (exact) mass is 322 g/mol. The van der Waals surface area contributed by atoms with E-state index in [1.807, 2.05) is 0 Å². The van der Waals surface area contributed by atoms with Crippen molar-refractivity contribution >= 4 is 31.6 Å². The summed E-state index contributed by atoms with van der Waals surface area (Å²) in [4.78, 5) is 0.124. The molecule has 96 valence electrons. The molecule has 1 aromatic rings. The Morgan fingerprint density at radius 2 is 2.12 bits per heavy atom. The summed E-state index contributed by atoms with van der Waals surface area (Å²) in [5.74, 6) is 0. The van der Waals surface area contributed by atoms with Crippen LogP contribution in [0.4, 0.5) is 5.69 Å². The van der Waals surface area contributed by atoms with E-state index in [0.717, 1.165) is 0 Å². The van der Waals surface area contributed by atoms with Crippen LogP contribution in [0.2, 0.25) is 0 Å². The van der Waals surface area contributed by atoms with E-state index in [2.05, 4.69) is 20.7 Å². The number of aliphatic hydroxyl groups excluding tert-OH is 1. The van der Waals surface area contributed by atoms with Gasteiger partial charge in [-0.15, -0.1) is 0 Å². The van der Waals surface area contributed by atoms with Crippen LogP contribution in [0.15, 0.2) is 21.5 Å². The summed E-state index contributed by atoms with van der Waals surface area (Å²) < 4.78 is 26.8. The first kappa shape index (κ1) is 14.4. The van der Waals surface area contributed by atoms with Crippen LogP contribution in [0.1, 0.15) is 12.5 Å². The molecule has 0 heterocycles. The highest BCUT2D eigenvalue weighted by Gasteiger charge is 2.18. The first-order valence-corrected chi connectivity index (χ1v) is 7.25. The number of halogens is 1. The molecule has 0 aliphatic heterocycles. The highest BCUT2D eigenvalue weighted by molar-refractivity contribution is 9.10. The molecule has 0 saturated carbocycles. The summed E-state index contributed by atoms with van der Waals surface area (Å²) in [5, 5.41) is 9.07. The number of hydrogen-bond donors (Lipinski definition) is 3. The summed E-state index contributed by atoms with van der Waals surface area (Å²) in [5.41, 5.74) is 6.60. The topological polar surface area (TPSA) is 92.4 Å². The minimum absolute atomic E-state index is 0.0300. The second kappa shape index (κ2) is 5.34. The Hall–Kier alpha value is -0.630. The maximum atomic E-state index is 11.9. The lowest BCUT2D eigenvalue weighted by Gasteiger charge is -2.12. The average Bonchev–Trinajstić information content (AvgIpc) is 2.20. The molecule has 0 saturated heterocycles. The van der Waals surface area contributed by atoms with Crippen molar-refractivity contribution in [3.63, 3.8) is 0 Å². The molecule has 0 fully saturated rings. The molecule has 0 aromatic heterocycles. The lowest BCUT2D eigenvalue weighted by atomic mass is 10.2. The molecular formula is C10H15BrN2O3S. The maximum absolute atomic E-state index is 11.9. The van der Waals surface area contributed by atoms with Crippen LogP contribution in [-0.4, -0.2) is 26.2 Å². The Bertz CT molecular complexity index is 515. The van der Waals surface area contributed by atoms with E-state index in [0.29, 0.717) is 15.7 Å². The standard InChI is InChI=1S/C10H15BrN2O3S/c1-6-3-8(11)9(12)4-10(6)17(15,16)13-5-7(2)14/h3-4,7,13-14H,5,12H2,1-2H3/t7-/m0/s1. The van der Waals surface area contributed by atoms with E-state index in [9.17, 15) is 8.42 Å². The van der Waals surface area contributed by atoms with Crippen molar-refractivity contribution in [3.8, 4) is 0 Å². The molecule has 1 aromatic carbocycles. The van der Waals surface area contributed by atoms with Gasteiger partial charge in [0.15, 0.2) is 0 Å². The third kappa shape index (κ3) is 3.67. The largest absolute Gasteiger partial charge is 0.398 e. The number of anilines is 1. The molecule has 17 heavy (non-hydrogen) atoms. The van der Waals surface area contributed by atoms with Crippen molar-refractivity contribution < 1.29 is 13.5 Å². The number of rotatable bonds is 4. The van der Waals surface area contributed by atoms with E-state index < -0.39 is 16.1 Å². The van der Waals surface area contributed by atoms with E-state index in [1.54, 1.807) is 13.0 Å². The molecule has 1 rings (SSSR count). The molecular weight excluding hydrogens is 308 g/mol. The molecule has 0 bridgehead atoms. The van der Waals surface area contributed by atoms with Gasteiger partial charge in [0.1, 0.15) is 0 Å². The van der Waals surface area contributed by atoms with Gasteiger partial charge in [0, 0.05) is 16.7 Å². The van der Waals surface area contributed by atoms with Crippen LogP contribution in [0.5, 0.6) is 0 Å². The van der Waals surface area contributed by atoms with Crippen molar-refractivity contribution in [1.82, 2.24) is 4.72 Å². The van der Waals surface area contributed by atoms with Crippen LogP contribution in [-0.2, 0) is 10.0 Å². The fourth-order valence-electron chi connectivity index (χ4n) is 1.27. The average molecular weight is 323 g/mol. The van der Waals surface area contributed by atoms with Gasteiger partial charge >= 0.3 is 0 Å². The summed E-state index contributed by atoms with van der Waals surface area (Å²) in [6, 6.07) is 3.04. The molecule has 0 aliphatic rings. The van der Waals surface area contributed by atoms with Crippen molar-refractivity contribution in [1.29, 1.82) is 0 Å². The molecule has 0 amide bonds. The summed E-state index contributed by atoms with van der Waals surface area (Å²) in [6.45, 7) is 3.16. The van der Waals surface area contributed by atoms with Crippen LogP contribution < -0.4 is 10.5 Å². The highest BCUT2D eigenvalue weighted by atomic mass is 79.9. The van der Waals surface area contributed by atoms with Crippen molar-refractivity contribution in [2.45, 2.75) is 24.8 Å². The van der Waals surface area contributed by atoms with Gasteiger partial charge in [0.2, 0.25) is 10.0 Å². The number of aliphatic hydroxyl groups is 1. The number of nitrogens with two attached hydrogens (primary N) is 1. The van der Waals surface area contributed by atoms with Crippen LogP contribution in [0.25, 0.3) is 0 Å². The van der Waals surface area contributed by atoms with Gasteiger partial charge in [0.05, 0.1) is 11.0 Å². The Balaban J connectivity index is 3.11. The van der Waals surface area contributed by atoms with Gasteiger partial charge in [-0.2, -0.15) is 0 Å². The van der Waals surface area contributed by atoms with Crippen molar-refractivity contribution in [2.24, 2.45) is 0 Å². The zero-order chi connectivity index (χ0) is 13.2. The summed E-state index contributed by atoms with van der Waals surface area (Å²) >= 11 is 3.23. The third-order valence-corrected chi connectivity index (χ3v) is 4.40. The SMILES string of the molecule is Cc1cc(Br)c(N)cc1S(=O)(=O)NC[C@H](C)O. The molecule has 1 atom stereocenters. The normalized spacial score (nSPS) is 13.6. The zero-order valence-corrected chi connectivity index (χ0v) is 12.0. The molecule has 0 radical (unpaired) electrons. The lowest BCUT2D eigenvalue weighted by molar-refractivity contribution is 0.198. The van der Waals surface area contributed by atoms with E-state index in [4.69, 9.17) is 10.8 Å². The lowest BCUT2D eigenvalue weighted by Crippen LogP contribution is -2.31. The summed E-state index contributed by atoms with van der Waals surface area (Å²) in [6.07, 6.45) is -0.738. The quantitative estimate of drug-likeness (QED) is 0.721. The van der Waals surface area contributed by atoms with E-state index in [-0.39, 0.29) is 11.4 Å². The number of hydrogen-bond acceptors (Lipinski definition) is 4. The fraction of sp³-hybridized carbons (Fsp3) is 0.400. The first-order chi connectivity index (χ1) is 7.74. The van der Waals surface area contributed by atoms with Crippen molar-refractivity contribution in [2.75, 3.05) is 12.3 Å². The van der Waals surface area contributed by atoms with Crippen LogP contribution >= 0.6 is 15.9 Å². The fourth-order valence-corrected chi connectivity index (χ4v) is 3.11. The molecule has 4 N–H and O–H groups in total. The Morgan fingerprint density at radius 1 is 1.53 bits per heavy atom. The van der Waals surface area contributed by atoms with Gasteiger partial charge in [-0.3, -0.25) is 0 Å². The number of nitrogens with one attached hydrogen (secondary N) is 1. The molecule has 0 unspecified atom stereocenters. The number of sulfonamides is 1. The molecule has 5 nitrogen and oxygen atoms in total. The predicted molar refractivity (Wildman–Crippen MR) is 70.2 cm³/mol. The number of aryl methyl sites for hydroxylation is 1. The van der Waals surface area contributed by atoms with Gasteiger partial charge in [-0.05, 0) is 47.5 Å². The van der Waals surface area contributed by atoms with E-state index in [1.165, 1.54) is 13.0 Å². The van der Waals surface area contributed by atoms with Gasteiger partial charge in [-0.25, -0.2) is 13.1 Å². The van der Waals surface area contributed by atoms with Crippen LogP contribution in [0, 0.1) is 6.92 Å². The van der Waals surface area contributed by atoms with Gasteiger partial charge in [0.25, 0.3) is 0 Å². The minimum Gasteiger partial charge on any atom is -0.398 e.